The highest BCUT2D eigenvalue weighted by Crippen LogP contribution is 2.29. The van der Waals surface area contributed by atoms with Crippen LogP contribution >= 0.6 is 0 Å². The Morgan fingerprint density at radius 1 is 1.20 bits per heavy atom. The number of nitrogens with two attached hydrogens (primary N) is 1. The van der Waals surface area contributed by atoms with E-state index in [1.54, 1.807) is 0 Å². The molecule has 0 aromatic heterocycles. The Morgan fingerprint density at radius 3 is 2.15 bits per heavy atom. The number of rotatable bonds is 6. The summed E-state index contributed by atoms with van der Waals surface area (Å²) < 4.78 is 37.3. The predicted molar refractivity (Wildman–Crippen MR) is 72.4 cm³/mol. The lowest BCUT2D eigenvalue weighted by atomic mass is 9.90. The number of hydrogen-bond donors (Lipinski definition) is 1. The van der Waals surface area contributed by atoms with Crippen LogP contribution in [0.4, 0.5) is 13.2 Å². The van der Waals surface area contributed by atoms with E-state index in [9.17, 15) is 18.0 Å². The highest BCUT2D eigenvalue weighted by molar-refractivity contribution is 5.96. The van der Waals surface area contributed by atoms with Gasteiger partial charge >= 0.3 is 6.18 Å². The summed E-state index contributed by atoms with van der Waals surface area (Å²) in [6.45, 7) is 4.50. The highest BCUT2D eigenvalue weighted by Gasteiger charge is 2.30. The van der Waals surface area contributed by atoms with Crippen molar-refractivity contribution in [3.05, 3.63) is 35.4 Å². The summed E-state index contributed by atoms with van der Waals surface area (Å²) in [5, 5.41) is 0. The third kappa shape index (κ3) is 4.96. The van der Waals surface area contributed by atoms with Crippen molar-refractivity contribution in [1.82, 2.24) is 0 Å². The Balaban J connectivity index is 2.72. The minimum atomic E-state index is -4.38. The summed E-state index contributed by atoms with van der Waals surface area (Å²) in [6, 6.07) is 4.34. The van der Waals surface area contributed by atoms with Gasteiger partial charge in [-0.05, 0) is 36.9 Å². The minimum absolute atomic E-state index is 0.0739. The Hall–Kier alpha value is -1.36. The lowest BCUT2D eigenvalue weighted by Gasteiger charge is -2.16. The number of Topliss-reactive ketones (excluding diaryl/α,β-unsaturated/α-hetero) is 1. The van der Waals surface area contributed by atoms with Crippen molar-refractivity contribution in [2.24, 2.45) is 17.6 Å². The molecule has 5 heteroatoms. The molecule has 1 unspecified atom stereocenters. The van der Waals surface area contributed by atoms with Gasteiger partial charge in [-0.15, -0.1) is 0 Å². The van der Waals surface area contributed by atoms with E-state index in [4.69, 9.17) is 5.73 Å². The molecular weight excluding hydrogens is 267 g/mol. The van der Waals surface area contributed by atoms with Gasteiger partial charge in [0.2, 0.25) is 0 Å². The number of carbonyl (C=O) groups is 1. The lowest BCUT2D eigenvalue weighted by Crippen LogP contribution is -2.20. The van der Waals surface area contributed by atoms with Crippen molar-refractivity contribution in [2.45, 2.75) is 32.9 Å². The number of halogens is 3. The van der Waals surface area contributed by atoms with Crippen LogP contribution in [-0.2, 0) is 6.18 Å². The van der Waals surface area contributed by atoms with E-state index >= 15 is 0 Å². The number of benzene rings is 1. The van der Waals surface area contributed by atoms with E-state index in [1.807, 2.05) is 13.8 Å². The molecule has 2 nitrogen and oxygen atoms in total. The van der Waals surface area contributed by atoms with Crippen molar-refractivity contribution >= 4 is 5.78 Å². The van der Waals surface area contributed by atoms with Gasteiger partial charge in [0.25, 0.3) is 0 Å². The van der Waals surface area contributed by atoms with Crippen LogP contribution in [0, 0.1) is 11.8 Å². The standard InChI is InChI=1S/C15H20F3NO/c1-10(2)7-11(9-19)8-14(20)12-3-5-13(6-4-12)15(16,17)18/h3-6,10-11H,7-9,19H2,1-2H3. The molecule has 0 amide bonds. The van der Waals surface area contributed by atoms with Crippen LogP contribution in [0.25, 0.3) is 0 Å². The number of carbonyl (C=O) groups excluding carboxylic acids is 1. The zero-order chi connectivity index (χ0) is 15.3. The topological polar surface area (TPSA) is 43.1 Å². The van der Waals surface area contributed by atoms with Crippen molar-refractivity contribution in [3.8, 4) is 0 Å². The molecule has 0 fully saturated rings. The molecule has 0 spiro atoms. The maximum atomic E-state index is 12.4. The number of alkyl halides is 3. The lowest BCUT2D eigenvalue weighted by molar-refractivity contribution is -0.137. The molecule has 0 heterocycles. The highest BCUT2D eigenvalue weighted by atomic mass is 19.4. The van der Waals surface area contributed by atoms with Crippen LogP contribution < -0.4 is 5.73 Å². The predicted octanol–water partition coefficient (Wildman–Crippen LogP) is 3.90. The third-order valence-electron chi connectivity index (χ3n) is 3.15. The summed E-state index contributed by atoms with van der Waals surface area (Å²) in [6.07, 6.45) is -3.26. The van der Waals surface area contributed by atoms with Crippen molar-refractivity contribution in [1.29, 1.82) is 0 Å². The normalized spacial score (nSPS) is 13.6. The Bertz CT molecular complexity index is 437. The second-order valence-corrected chi connectivity index (χ2v) is 5.43. The van der Waals surface area contributed by atoms with Gasteiger partial charge in [-0.2, -0.15) is 13.2 Å². The van der Waals surface area contributed by atoms with Gasteiger partial charge in [-0.3, -0.25) is 4.79 Å². The van der Waals surface area contributed by atoms with Gasteiger partial charge < -0.3 is 5.73 Å². The average molecular weight is 287 g/mol. The maximum absolute atomic E-state index is 12.4. The van der Waals surface area contributed by atoms with Crippen LogP contribution in [0.15, 0.2) is 24.3 Å². The molecule has 1 atom stereocenters. The van der Waals surface area contributed by atoms with Crippen LogP contribution in [0.1, 0.15) is 42.6 Å². The van der Waals surface area contributed by atoms with Crippen molar-refractivity contribution < 1.29 is 18.0 Å². The third-order valence-corrected chi connectivity index (χ3v) is 3.15. The molecule has 1 rings (SSSR count). The van der Waals surface area contributed by atoms with E-state index in [1.165, 1.54) is 12.1 Å². The van der Waals surface area contributed by atoms with Gasteiger partial charge in [-0.1, -0.05) is 26.0 Å². The van der Waals surface area contributed by atoms with Gasteiger partial charge in [-0.25, -0.2) is 0 Å². The Labute approximate surface area is 117 Å². The quantitative estimate of drug-likeness (QED) is 0.806. The SMILES string of the molecule is CC(C)CC(CN)CC(=O)c1ccc(C(F)(F)F)cc1. The van der Waals surface area contributed by atoms with Crippen LogP contribution in [0.2, 0.25) is 0 Å². The molecule has 0 radical (unpaired) electrons. The van der Waals surface area contributed by atoms with Crippen LogP contribution in [0.3, 0.4) is 0 Å². The first-order chi connectivity index (χ1) is 9.24. The first-order valence-corrected chi connectivity index (χ1v) is 6.64. The largest absolute Gasteiger partial charge is 0.416 e. The Morgan fingerprint density at radius 2 is 1.75 bits per heavy atom. The molecule has 0 aliphatic carbocycles. The zero-order valence-electron chi connectivity index (χ0n) is 11.7. The average Bonchev–Trinajstić information content (AvgIpc) is 2.36. The summed E-state index contributed by atoms with van der Waals surface area (Å²) in [7, 11) is 0. The molecule has 0 aliphatic rings. The monoisotopic (exact) mass is 287 g/mol. The summed E-state index contributed by atoms with van der Waals surface area (Å²) in [4.78, 5) is 12.0. The van der Waals surface area contributed by atoms with E-state index in [-0.39, 0.29) is 18.1 Å². The van der Waals surface area contributed by atoms with E-state index in [0.29, 0.717) is 18.0 Å². The first-order valence-electron chi connectivity index (χ1n) is 6.64. The van der Waals surface area contributed by atoms with Gasteiger partial charge in [0.1, 0.15) is 0 Å². The fourth-order valence-corrected chi connectivity index (χ4v) is 2.15. The molecule has 0 aliphatic heterocycles. The molecule has 2 N–H and O–H groups in total. The first kappa shape index (κ1) is 16.7. The molecule has 0 bridgehead atoms. The summed E-state index contributed by atoms with van der Waals surface area (Å²) >= 11 is 0. The maximum Gasteiger partial charge on any atom is 0.416 e. The smallest absolute Gasteiger partial charge is 0.330 e. The zero-order valence-corrected chi connectivity index (χ0v) is 11.7. The fourth-order valence-electron chi connectivity index (χ4n) is 2.15. The molecule has 1 aromatic rings. The summed E-state index contributed by atoms with van der Waals surface area (Å²) in [5.41, 5.74) is 5.19. The second-order valence-electron chi connectivity index (χ2n) is 5.43. The number of hydrogen-bond acceptors (Lipinski definition) is 2. The van der Waals surface area contributed by atoms with E-state index in [2.05, 4.69) is 0 Å². The summed E-state index contributed by atoms with van der Waals surface area (Å²) in [5.74, 6) is 0.351. The van der Waals surface area contributed by atoms with Gasteiger partial charge in [0, 0.05) is 12.0 Å². The van der Waals surface area contributed by atoms with E-state index in [0.717, 1.165) is 18.6 Å². The Kier molecular flexibility index (Phi) is 5.74. The molecular formula is C15H20F3NO. The minimum Gasteiger partial charge on any atom is -0.330 e. The fraction of sp³-hybridized carbons (Fsp3) is 0.533. The molecule has 20 heavy (non-hydrogen) atoms. The molecule has 112 valence electrons. The number of ketones is 1. The molecule has 1 aromatic carbocycles. The molecule has 0 saturated carbocycles. The van der Waals surface area contributed by atoms with E-state index < -0.39 is 11.7 Å². The van der Waals surface area contributed by atoms with Crippen molar-refractivity contribution in [2.75, 3.05) is 6.54 Å². The van der Waals surface area contributed by atoms with Crippen molar-refractivity contribution in [3.63, 3.8) is 0 Å². The molecule has 0 saturated heterocycles. The second kappa shape index (κ2) is 6.88. The van der Waals surface area contributed by atoms with Gasteiger partial charge in [0.15, 0.2) is 5.78 Å². The van der Waals surface area contributed by atoms with Gasteiger partial charge in [0.05, 0.1) is 5.56 Å². The van der Waals surface area contributed by atoms with Crippen LogP contribution in [0.5, 0.6) is 0 Å². The van der Waals surface area contributed by atoms with Crippen LogP contribution in [-0.4, -0.2) is 12.3 Å².